The molecule has 0 aliphatic heterocycles. The summed E-state index contributed by atoms with van der Waals surface area (Å²) in [6.45, 7) is 5.28. The Morgan fingerprint density at radius 3 is 2.44 bits per heavy atom. The van der Waals surface area contributed by atoms with Crippen LogP contribution in [-0.4, -0.2) is 11.6 Å². The number of benzene rings is 1. The van der Waals surface area contributed by atoms with E-state index < -0.39 is 11.6 Å². The predicted octanol–water partition coefficient (Wildman–Crippen LogP) is 3.16. The first-order valence-electron chi connectivity index (χ1n) is 4.71. The van der Waals surface area contributed by atoms with Crippen molar-refractivity contribution >= 4 is 17.6 Å². The molecular formula is C11H13ClO4. The zero-order valence-electron chi connectivity index (χ0n) is 9.32. The van der Waals surface area contributed by atoms with Crippen molar-refractivity contribution in [3.05, 3.63) is 34.9 Å². The minimum absolute atomic E-state index is 0.224. The fourth-order valence-electron chi connectivity index (χ4n) is 0.822. The zero-order valence-corrected chi connectivity index (χ0v) is 10.1. The third kappa shape index (κ3) is 4.18. The molecule has 88 valence electrons. The van der Waals surface area contributed by atoms with E-state index in [9.17, 15) is 4.79 Å². The van der Waals surface area contributed by atoms with E-state index in [-0.39, 0.29) is 5.56 Å². The average Bonchev–Trinajstić information content (AvgIpc) is 2.16. The van der Waals surface area contributed by atoms with Crippen molar-refractivity contribution in [1.29, 1.82) is 0 Å². The van der Waals surface area contributed by atoms with Crippen molar-refractivity contribution in [3.63, 3.8) is 0 Å². The summed E-state index contributed by atoms with van der Waals surface area (Å²) in [5.41, 5.74) is -0.331. The highest BCUT2D eigenvalue weighted by atomic mass is 35.5. The average molecular weight is 245 g/mol. The standard InChI is InChI=1S/C11H13ClO4/c1-11(2,3)15-16-14-10(13)8-6-4-5-7-9(8)12/h4-7H,1-3H3. The van der Waals surface area contributed by atoms with Crippen molar-refractivity contribution in [2.24, 2.45) is 0 Å². The third-order valence-corrected chi connectivity index (χ3v) is 1.82. The lowest BCUT2D eigenvalue weighted by Crippen LogP contribution is -2.20. The molecule has 0 N–H and O–H groups in total. The van der Waals surface area contributed by atoms with Gasteiger partial charge in [-0.15, -0.1) is 0 Å². The molecule has 0 aromatic heterocycles. The number of halogens is 1. The molecule has 1 aromatic rings. The Bertz CT molecular complexity index is 370. The summed E-state index contributed by atoms with van der Waals surface area (Å²) in [6.07, 6.45) is 0. The van der Waals surface area contributed by atoms with Crippen LogP contribution in [0.3, 0.4) is 0 Å². The van der Waals surface area contributed by atoms with E-state index in [1.54, 1.807) is 39.0 Å². The van der Waals surface area contributed by atoms with Crippen LogP contribution >= 0.6 is 11.6 Å². The second kappa shape index (κ2) is 5.30. The van der Waals surface area contributed by atoms with E-state index in [1.165, 1.54) is 6.07 Å². The van der Waals surface area contributed by atoms with E-state index in [4.69, 9.17) is 16.5 Å². The Hall–Kier alpha value is -1.10. The lowest BCUT2D eigenvalue weighted by atomic mass is 10.2. The van der Waals surface area contributed by atoms with Crippen LogP contribution in [0, 0.1) is 0 Å². The first-order valence-corrected chi connectivity index (χ1v) is 5.09. The second-order valence-corrected chi connectivity index (χ2v) is 4.52. The Labute approximate surface area is 98.9 Å². The maximum Gasteiger partial charge on any atom is 0.377 e. The molecule has 0 radical (unpaired) electrons. The largest absolute Gasteiger partial charge is 0.377 e. The summed E-state index contributed by atoms with van der Waals surface area (Å²) in [5, 5.41) is 4.66. The summed E-state index contributed by atoms with van der Waals surface area (Å²) >= 11 is 5.79. The van der Waals surface area contributed by atoms with Crippen LogP contribution in [0.2, 0.25) is 5.02 Å². The van der Waals surface area contributed by atoms with Gasteiger partial charge in [-0.05, 0) is 37.9 Å². The van der Waals surface area contributed by atoms with E-state index in [2.05, 4.69) is 9.93 Å². The van der Waals surface area contributed by atoms with Crippen molar-refractivity contribution < 1.29 is 19.6 Å². The SMILES string of the molecule is CC(C)(C)OOOC(=O)c1ccccc1Cl. The Morgan fingerprint density at radius 1 is 1.25 bits per heavy atom. The molecule has 16 heavy (non-hydrogen) atoms. The maximum atomic E-state index is 11.4. The summed E-state index contributed by atoms with van der Waals surface area (Å²) in [5.74, 6) is -0.699. The molecule has 4 nitrogen and oxygen atoms in total. The molecule has 0 amide bonds. The summed E-state index contributed by atoms with van der Waals surface area (Å²) in [4.78, 5) is 20.7. The molecular weight excluding hydrogens is 232 g/mol. The molecule has 0 unspecified atom stereocenters. The highest BCUT2D eigenvalue weighted by Crippen LogP contribution is 2.16. The molecule has 0 heterocycles. The molecule has 0 aliphatic carbocycles. The lowest BCUT2D eigenvalue weighted by molar-refractivity contribution is -0.510. The van der Waals surface area contributed by atoms with Gasteiger partial charge < -0.3 is 0 Å². The molecule has 0 saturated carbocycles. The summed E-state index contributed by atoms with van der Waals surface area (Å²) in [6, 6.07) is 6.51. The van der Waals surface area contributed by atoms with Crippen molar-refractivity contribution in [2.75, 3.05) is 0 Å². The number of hydrogen-bond acceptors (Lipinski definition) is 4. The molecule has 0 aliphatic rings. The zero-order chi connectivity index (χ0) is 12.2. The number of hydrogen-bond donors (Lipinski definition) is 0. The topological polar surface area (TPSA) is 44.8 Å². The molecule has 0 saturated heterocycles. The maximum absolute atomic E-state index is 11.4. The minimum Gasteiger partial charge on any atom is -0.263 e. The molecule has 5 heteroatoms. The van der Waals surface area contributed by atoms with Gasteiger partial charge in [-0.25, -0.2) is 4.79 Å². The summed E-state index contributed by atoms with van der Waals surface area (Å²) in [7, 11) is 0. The van der Waals surface area contributed by atoms with Crippen LogP contribution in [0.5, 0.6) is 0 Å². The van der Waals surface area contributed by atoms with Crippen LogP contribution < -0.4 is 0 Å². The fraction of sp³-hybridized carbons (Fsp3) is 0.364. The van der Waals surface area contributed by atoms with Crippen LogP contribution in [0.15, 0.2) is 24.3 Å². The Balaban J connectivity index is 2.51. The van der Waals surface area contributed by atoms with E-state index >= 15 is 0 Å². The number of carbonyl (C=O) groups is 1. The van der Waals surface area contributed by atoms with Crippen LogP contribution in [0.4, 0.5) is 0 Å². The lowest BCUT2D eigenvalue weighted by Gasteiger charge is -2.15. The Kier molecular flexibility index (Phi) is 4.29. The van der Waals surface area contributed by atoms with Crippen LogP contribution in [0.1, 0.15) is 31.1 Å². The molecule has 0 spiro atoms. The molecule has 0 atom stereocenters. The minimum atomic E-state index is -0.699. The predicted molar refractivity (Wildman–Crippen MR) is 58.8 cm³/mol. The number of carbonyl (C=O) groups excluding carboxylic acids is 1. The first kappa shape index (κ1) is 13.0. The normalized spacial score (nSPS) is 11.2. The second-order valence-electron chi connectivity index (χ2n) is 4.11. The fourth-order valence-corrected chi connectivity index (χ4v) is 1.03. The van der Waals surface area contributed by atoms with Gasteiger partial charge in [-0.2, -0.15) is 4.89 Å². The van der Waals surface area contributed by atoms with Gasteiger partial charge in [0.25, 0.3) is 0 Å². The van der Waals surface area contributed by atoms with Gasteiger partial charge in [0.15, 0.2) is 0 Å². The summed E-state index contributed by atoms with van der Waals surface area (Å²) < 4.78 is 0. The van der Waals surface area contributed by atoms with Crippen molar-refractivity contribution in [1.82, 2.24) is 0 Å². The monoisotopic (exact) mass is 244 g/mol. The van der Waals surface area contributed by atoms with Crippen LogP contribution in [0.25, 0.3) is 0 Å². The Morgan fingerprint density at radius 2 is 1.88 bits per heavy atom. The molecule has 0 fully saturated rings. The molecule has 0 bridgehead atoms. The van der Waals surface area contributed by atoms with E-state index in [0.717, 1.165) is 0 Å². The quantitative estimate of drug-likeness (QED) is 0.605. The van der Waals surface area contributed by atoms with Crippen molar-refractivity contribution in [2.45, 2.75) is 26.4 Å². The number of rotatable bonds is 3. The van der Waals surface area contributed by atoms with Gasteiger partial charge in [0.2, 0.25) is 0 Å². The highest BCUT2D eigenvalue weighted by molar-refractivity contribution is 6.33. The van der Waals surface area contributed by atoms with Crippen molar-refractivity contribution in [3.8, 4) is 0 Å². The smallest absolute Gasteiger partial charge is 0.263 e. The van der Waals surface area contributed by atoms with Gasteiger partial charge >= 0.3 is 5.97 Å². The van der Waals surface area contributed by atoms with Gasteiger partial charge in [0, 0.05) is 0 Å². The van der Waals surface area contributed by atoms with Gasteiger partial charge in [0.05, 0.1) is 16.2 Å². The van der Waals surface area contributed by atoms with E-state index in [0.29, 0.717) is 5.02 Å². The van der Waals surface area contributed by atoms with Gasteiger partial charge in [0.1, 0.15) is 0 Å². The first-order chi connectivity index (χ1) is 7.40. The van der Waals surface area contributed by atoms with Gasteiger partial charge in [-0.1, -0.05) is 23.7 Å². The van der Waals surface area contributed by atoms with Crippen LogP contribution in [-0.2, 0) is 14.8 Å². The van der Waals surface area contributed by atoms with E-state index in [1.807, 2.05) is 0 Å². The van der Waals surface area contributed by atoms with Gasteiger partial charge in [-0.3, -0.25) is 4.89 Å². The third-order valence-electron chi connectivity index (χ3n) is 1.49. The molecule has 1 rings (SSSR count). The highest BCUT2D eigenvalue weighted by Gasteiger charge is 2.16. The molecule has 1 aromatic carbocycles.